The van der Waals surface area contributed by atoms with E-state index in [4.69, 9.17) is 30.9 Å². The highest BCUT2D eigenvalue weighted by molar-refractivity contribution is 6.34. The van der Waals surface area contributed by atoms with E-state index in [9.17, 15) is 4.79 Å². The highest BCUT2D eigenvalue weighted by Crippen LogP contribution is 2.44. The second-order valence-electron chi connectivity index (χ2n) is 4.06. The SMILES string of the molecule is COc1cc(CC(C)C(=O)O)c(OC)c(Cl)c1OC. The predicted octanol–water partition coefficient (Wildman–Crippen LogP) is 2.63. The van der Waals surface area contributed by atoms with Gasteiger partial charge in [-0.05, 0) is 12.5 Å². The molecule has 0 amide bonds. The first-order valence-electron chi connectivity index (χ1n) is 5.66. The molecular weight excluding hydrogens is 272 g/mol. The summed E-state index contributed by atoms with van der Waals surface area (Å²) in [6.45, 7) is 1.62. The summed E-state index contributed by atoms with van der Waals surface area (Å²) in [6.07, 6.45) is 0.290. The Kier molecular flexibility index (Phi) is 5.30. The largest absolute Gasteiger partial charge is 0.495 e. The molecule has 106 valence electrons. The van der Waals surface area contributed by atoms with Crippen molar-refractivity contribution in [1.82, 2.24) is 0 Å². The lowest BCUT2D eigenvalue weighted by Crippen LogP contribution is -2.13. The van der Waals surface area contributed by atoms with Crippen molar-refractivity contribution in [2.45, 2.75) is 13.3 Å². The van der Waals surface area contributed by atoms with E-state index in [2.05, 4.69) is 0 Å². The monoisotopic (exact) mass is 288 g/mol. The van der Waals surface area contributed by atoms with Crippen LogP contribution >= 0.6 is 11.6 Å². The van der Waals surface area contributed by atoms with Gasteiger partial charge >= 0.3 is 5.97 Å². The van der Waals surface area contributed by atoms with Crippen LogP contribution in [0.25, 0.3) is 0 Å². The van der Waals surface area contributed by atoms with Gasteiger partial charge in [-0.25, -0.2) is 0 Å². The zero-order valence-electron chi connectivity index (χ0n) is 11.3. The molecule has 0 fully saturated rings. The lowest BCUT2D eigenvalue weighted by molar-refractivity contribution is -0.141. The third-order valence-corrected chi connectivity index (χ3v) is 3.14. The number of aliphatic carboxylic acids is 1. The topological polar surface area (TPSA) is 65.0 Å². The van der Waals surface area contributed by atoms with E-state index < -0.39 is 11.9 Å². The third kappa shape index (κ3) is 3.23. The van der Waals surface area contributed by atoms with Crippen LogP contribution in [0, 0.1) is 5.92 Å². The number of rotatable bonds is 6. The quantitative estimate of drug-likeness (QED) is 0.872. The van der Waals surface area contributed by atoms with E-state index in [0.29, 0.717) is 29.2 Å². The summed E-state index contributed by atoms with van der Waals surface area (Å²) in [5.41, 5.74) is 0.667. The van der Waals surface area contributed by atoms with E-state index in [1.165, 1.54) is 21.3 Å². The van der Waals surface area contributed by atoms with Crippen molar-refractivity contribution in [2.75, 3.05) is 21.3 Å². The van der Waals surface area contributed by atoms with Crippen molar-refractivity contribution in [3.8, 4) is 17.2 Å². The van der Waals surface area contributed by atoms with Crippen LogP contribution in [0.1, 0.15) is 12.5 Å². The molecule has 1 atom stereocenters. The first-order valence-corrected chi connectivity index (χ1v) is 6.04. The molecule has 0 aliphatic rings. The molecule has 0 heterocycles. The zero-order chi connectivity index (χ0) is 14.6. The fourth-order valence-electron chi connectivity index (χ4n) is 1.77. The zero-order valence-corrected chi connectivity index (χ0v) is 12.1. The summed E-state index contributed by atoms with van der Waals surface area (Å²) in [5, 5.41) is 9.25. The van der Waals surface area contributed by atoms with Gasteiger partial charge in [-0.3, -0.25) is 4.79 Å². The van der Waals surface area contributed by atoms with Gasteiger partial charge in [0.05, 0.1) is 27.2 Å². The number of carboxylic acids is 1. The van der Waals surface area contributed by atoms with E-state index >= 15 is 0 Å². The van der Waals surface area contributed by atoms with E-state index in [-0.39, 0.29) is 5.02 Å². The van der Waals surface area contributed by atoms with Crippen molar-refractivity contribution >= 4 is 17.6 Å². The Morgan fingerprint density at radius 1 is 1.26 bits per heavy atom. The summed E-state index contributed by atoms with van der Waals surface area (Å²) in [4.78, 5) is 10.9. The van der Waals surface area contributed by atoms with Crippen LogP contribution in [-0.4, -0.2) is 32.4 Å². The summed E-state index contributed by atoms with van der Waals surface area (Å²) in [6, 6.07) is 1.68. The van der Waals surface area contributed by atoms with Crippen LogP contribution in [0.2, 0.25) is 5.02 Å². The number of benzene rings is 1. The average Bonchev–Trinajstić information content (AvgIpc) is 2.38. The molecule has 0 saturated heterocycles. The maximum atomic E-state index is 10.9. The van der Waals surface area contributed by atoms with Gasteiger partial charge in [-0.1, -0.05) is 18.5 Å². The van der Waals surface area contributed by atoms with Crippen LogP contribution in [0.5, 0.6) is 17.2 Å². The van der Waals surface area contributed by atoms with Crippen molar-refractivity contribution in [2.24, 2.45) is 5.92 Å². The molecule has 0 aliphatic heterocycles. The minimum atomic E-state index is -0.882. The molecule has 19 heavy (non-hydrogen) atoms. The summed E-state index contributed by atoms with van der Waals surface area (Å²) < 4.78 is 15.6. The van der Waals surface area contributed by atoms with Crippen LogP contribution < -0.4 is 14.2 Å². The van der Waals surface area contributed by atoms with Gasteiger partial charge in [0, 0.05) is 5.56 Å². The Morgan fingerprint density at radius 3 is 2.26 bits per heavy atom. The Hall–Kier alpha value is -1.62. The molecule has 1 aromatic rings. The molecular formula is C13H17ClO5. The van der Waals surface area contributed by atoms with E-state index in [1.54, 1.807) is 13.0 Å². The summed E-state index contributed by atoms with van der Waals surface area (Å²) in [5.74, 6) is -0.211. The molecule has 1 aromatic carbocycles. The standard InChI is InChI=1S/C13H17ClO5/c1-7(13(15)16)5-8-6-9(17-2)12(19-4)10(14)11(8)18-3/h6-7H,5H2,1-4H3,(H,15,16). The van der Waals surface area contributed by atoms with Crippen molar-refractivity contribution in [3.05, 3.63) is 16.7 Å². The number of ether oxygens (including phenoxy) is 3. The van der Waals surface area contributed by atoms with E-state index in [0.717, 1.165) is 0 Å². The van der Waals surface area contributed by atoms with Gasteiger partial charge in [0.2, 0.25) is 0 Å². The molecule has 6 heteroatoms. The number of hydrogen-bond donors (Lipinski definition) is 1. The van der Waals surface area contributed by atoms with Crippen molar-refractivity contribution in [1.29, 1.82) is 0 Å². The Labute approximate surface area is 117 Å². The number of carbonyl (C=O) groups is 1. The molecule has 1 unspecified atom stereocenters. The number of methoxy groups -OCH3 is 3. The van der Waals surface area contributed by atoms with E-state index in [1.807, 2.05) is 0 Å². The third-order valence-electron chi connectivity index (χ3n) is 2.80. The molecule has 0 spiro atoms. The first-order chi connectivity index (χ1) is 8.96. The molecule has 0 aromatic heterocycles. The van der Waals surface area contributed by atoms with Gasteiger partial charge in [-0.2, -0.15) is 0 Å². The highest BCUT2D eigenvalue weighted by Gasteiger charge is 2.22. The van der Waals surface area contributed by atoms with Crippen LogP contribution in [-0.2, 0) is 11.2 Å². The Bertz CT molecular complexity index is 473. The number of hydrogen-bond acceptors (Lipinski definition) is 4. The van der Waals surface area contributed by atoms with Gasteiger partial charge in [0.15, 0.2) is 11.5 Å². The second-order valence-corrected chi connectivity index (χ2v) is 4.44. The van der Waals surface area contributed by atoms with Gasteiger partial charge in [0.25, 0.3) is 0 Å². The Morgan fingerprint density at radius 2 is 1.84 bits per heavy atom. The molecule has 0 bridgehead atoms. The minimum absolute atomic E-state index is 0.275. The molecule has 0 aliphatic carbocycles. The second kappa shape index (κ2) is 6.52. The highest BCUT2D eigenvalue weighted by atomic mass is 35.5. The van der Waals surface area contributed by atoms with Crippen molar-refractivity contribution < 1.29 is 24.1 Å². The lowest BCUT2D eigenvalue weighted by atomic mass is 10.00. The maximum absolute atomic E-state index is 10.9. The van der Waals surface area contributed by atoms with Gasteiger partial charge in [0.1, 0.15) is 10.8 Å². The molecule has 1 rings (SSSR count). The van der Waals surface area contributed by atoms with Crippen LogP contribution in [0.3, 0.4) is 0 Å². The Balaban J connectivity index is 3.30. The fourth-order valence-corrected chi connectivity index (χ4v) is 2.14. The summed E-state index contributed by atoms with van der Waals surface area (Å²) in [7, 11) is 4.44. The normalized spacial score (nSPS) is 11.8. The number of halogens is 1. The van der Waals surface area contributed by atoms with Crippen LogP contribution in [0.4, 0.5) is 0 Å². The minimum Gasteiger partial charge on any atom is -0.495 e. The average molecular weight is 289 g/mol. The maximum Gasteiger partial charge on any atom is 0.306 e. The lowest BCUT2D eigenvalue weighted by Gasteiger charge is -2.17. The fraction of sp³-hybridized carbons (Fsp3) is 0.462. The first kappa shape index (κ1) is 15.4. The number of carboxylic acid groups (broad SMARTS) is 1. The molecule has 1 N–H and O–H groups in total. The van der Waals surface area contributed by atoms with Crippen molar-refractivity contribution in [3.63, 3.8) is 0 Å². The summed E-state index contributed by atoms with van der Waals surface area (Å²) >= 11 is 6.18. The molecule has 0 saturated carbocycles. The smallest absolute Gasteiger partial charge is 0.306 e. The molecule has 0 radical (unpaired) electrons. The molecule has 5 nitrogen and oxygen atoms in total. The van der Waals surface area contributed by atoms with Crippen LogP contribution in [0.15, 0.2) is 6.07 Å². The van der Waals surface area contributed by atoms with Gasteiger partial charge < -0.3 is 19.3 Å². The predicted molar refractivity (Wildman–Crippen MR) is 71.6 cm³/mol. The van der Waals surface area contributed by atoms with Gasteiger partial charge in [-0.15, -0.1) is 0 Å².